The van der Waals surface area contributed by atoms with Crippen LogP contribution in [0.3, 0.4) is 0 Å². The molecule has 0 aliphatic rings. The smallest absolute Gasteiger partial charge is 0.408 e. The van der Waals surface area contributed by atoms with Crippen LogP contribution in [0.2, 0.25) is 0 Å². The van der Waals surface area contributed by atoms with E-state index in [1.54, 1.807) is 39.8 Å². The van der Waals surface area contributed by atoms with Gasteiger partial charge < -0.3 is 53.4 Å². The molecule has 0 spiro atoms. The van der Waals surface area contributed by atoms with E-state index in [4.69, 9.17) is 32.1 Å². The van der Waals surface area contributed by atoms with E-state index in [-0.39, 0.29) is 68.2 Å². The fourth-order valence-corrected chi connectivity index (χ4v) is 4.87. The monoisotopic (exact) mass is 736 g/mol. The number of nitrogens with zero attached hydrogens (tertiary/aromatic N) is 2. The number of anilines is 1. The zero-order chi connectivity index (χ0) is 37.6. The summed E-state index contributed by atoms with van der Waals surface area (Å²) >= 11 is 0. The second-order valence-corrected chi connectivity index (χ2v) is 13.3. The predicted molar refractivity (Wildman–Crippen MR) is 199 cm³/mol. The number of aliphatic imine (C=N–C) groups is 2. The van der Waals surface area contributed by atoms with Gasteiger partial charge in [-0.2, -0.15) is 0 Å². The molecule has 2 rings (SSSR count). The first-order chi connectivity index (χ1) is 23.3. The topological polar surface area (TPSA) is 285 Å². The van der Waals surface area contributed by atoms with Gasteiger partial charge in [-0.05, 0) is 83.4 Å². The Morgan fingerprint density at radius 1 is 0.824 bits per heavy atom. The Morgan fingerprint density at radius 3 is 1.86 bits per heavy atom. The number of fused-ring (bicyclic) bond motifs is 1. The van der Waals surface area contributed by atoms with Crippen LogP contribution in [0.4, 0.5) is 10.5 Å². The summed E-state index contributed by atoms with van der Waals surface area (Å²) in [6.45, 7) is 11.0. The molecule has 0 saturated heterocycles. The molecule has 0 fully saturated rings. The zero-order valence-electron chi connectivity index (χ0n) is 30.0. The number of alkyl carbamates (subject to hydrolysis) is 1. The van der Waals surface area contributed by atoms with Crippen molar-refractivity contribution >= 4 is 64.8 Å². The molecular formula is C33H53ClN10O7. The second-order valence-electron chi connectivity index (χ2n) is 13.3. The third-order valence-corrected chi connectivity index (χ3v) is 7.09. The summed E-state index contributed by atoms with van der Waals surface area (Å²) in [6.07, 6.45) is 0.316. The van der Waals surface area contributed by atoms with E-state index in [1.807, 2.05) is 13.8 Å². The fourth-order valence-electron chi connectivity index (χ4n) is 4.87. The quantitative estimate of drug-likeness (QED) is 0.0498. The van der Waals surface area contributed by atoms with Gasteiger partial charge in [0.1, 0.15) is 29.3 Å². The molecule has 0 radical (unpaired) electrons. The summed E-state index contributed by atoms with van der Waals surface area (Å²) in [5.41, 5.74) is 21.8. The van der Waals surface area contributed by atoms with Gasteiger partial charge in [0, 0.05) is 36.3 Å². The summed E-state index contributed by atoms with van der Waals surface area (Å²) in [4.78, 5) is 73.3. The lowest BCUT2D eigenvalue weighted by molar-refractivity contribution is -0.132. The van der Waals surface area contributed by atoms with E-state index < -0.39 is 53.2 Å². The number of ether oxygens (including phenoxy) is 1. The largest absolute Gasteiger partial charge is 0.444 e. The number of guanidine groups is 2. The van der Waals surface area contributed by atoms with Gasteiger partial charge in [0.2, 0.25) is 17.7 Å². The highest BCUT2D eigenvalue weighted by molar-refractivity contribution is 6.00. The Morgan fingerprint density at radius 2 is 1.35 bits per heavy atom. The van der Waals surface area contributed by atoms with Gasteiger partial charge in [-0.15, -0.1) is 12.4 Å². The van der Waals surface area contributed by atoms with Gasteiger partial charge in [-0.25, -0.2) is 9.59 Å². The van der Waals surface area contributed by atoms with Gasteiger partial charge in [0.15, 0.2) is 11.9 Å². The Hall–Kier alpha value is -5.06. The van der Waals surface area contributed by atoms with Crippen LogP contribution in [-0.4, -0.2) is 72.5 Å². The van der Waals surface area contributed by atoms with Crippen molar-refractivity contribution in [3.05, 3.63) is 40.2 Å². The maximum atomic E-state index is 13.8. The van der Waals surface area contributed by atoms with Crippen LogP contribution in [0.5, 0.6) is 0 Å². The van der Waals surface area contributed by atoms with Gasteiger partial charge >= 0.3 is 11.7 Å². The number of carbonyl (C=O) groups excluding carboxylic acids is 4. The number of nitrogens with one attached hydrogen (secondary N) is 4. The van der Waals surface area contributed by atoms with Crippen molar-refractivity contribution in [3.63, 3.8) is 0 Å². The first kappa shape index (κ1) is 44.0. The molecule has 0 saturated carbocycles. The van der Waals surface area contributed by atoms with E-state index in [0.29, 0.717) is 29.5 Å². The highest BCUT2D eigenvalue weighted by Gasteiger charge is 2.31. The molecule has 2 aromatic rings. The summed E-state index contributed by atoms with van der Waals surface area (Å²) in [5.74, 6) is -2.11. The maximum Gasteiger partial charge on any atom is 0.408 e. The van der Waals surface area contributed by atoms with E-state index >= 15 is 0 Å². The number of carbonyl (C=O) groups is 4. The van der Waals surface area contributed by atoms with Crippen LogP contribution in [0, 0.1) is 12.8 Å². The number of halogens is 1. The normalized spacial score (nSPS) is 12.8. The van der Waals surface area contributed by atoms with Crippen molar-refractivity contribution in [2.75, 3.05) is 18.4 Å². The van der Waals surface area contributed by atoms with Crippen LogP contribution < -0.4 is 49.8 Å². The molecule has 17 nitrogen and oxygen atoms in total. The number of nitrogens with two attached hydrogens (primary N) is 4. The summed E-state index contributed by atoms with van der Waals surface area (Å²) in [6, 6.07) is 2.97. The third kappa shape index (κ3) is 16.5. The number of hydrogen-bond donors (Lipinski definition) is 8. The van der Waals surface area contributed by atoms with Gasteiger partial charge in [-0.3, -0.25) is 24.4 Å². The summed E-state index contributed by atoms with van der Waals surface area (Å²) in [5, 5.41) is 11.5. The van der Waals surface area contributed by atoms with Gasteiger partial charge in [0.25, 0.3) is 0 Å². The van der Waals surface area contributed by atoms with Crippen molar-refractivity contribution in [2.45, 2.75) is 97.4 Å². The van der Waals surface area contributed by atoms with Crippen molar-refractivity contribution in [2.24, 2.45) is 38.8 Å². The molecule has 0 aliphatic carbocycles. The van der Waals surface area contributed by atoms with Crippen molar-refractivity contribution in [3.8, 4) is 0 Å². The molecule has 0 aliphatic heterocycles. The summed E-state index contributed by atoms with van der Waals surface area (Å²) < 4.78 is 10.6. The lowest BCUT2D eigenvalue weighted by Crippen LogP contribution is -2.56. The van der Waals surface area contributed by atoms with Crippen LogP contribution >= 0.6 is 12.4 Å². The Labute approximate surface area is 303 Å². The van der Waals surface area contributed by atoms with Crippen molar-refractivity contribution in [1.29, 1.82) is 0 Å². The van der Waals surface area contributed by atoms with Gasteiger partial charge in [0.05, 0.1) is 0 Å². The molecule has 3 atom stereocenters. The number of hydrogen-bond acceptors (Lipinski definition) is 9. The number of benzene rings is 1. The standard InChI is InChI=1S/C33H52N10O7.ClH/c1-18(2)15-24(43-32(48)50-33(4,5)6)29(47)42-23(10-8-14-39-31(36)37)28(46)41-22(9-7-13-38-30(34)35)27(45)40-20-11-12-21-19(3)16-26(44)49-25(21)17-20;/h11-12,16-18,22-24H,7-10,13-15H2,1-6H3,(H,40,45)(H,41,46)(H,42,47)(H,43,48)(H4,34,35,38)(H4,36,37,39);1H/t22-,23-,24-;/m0./s1. The predicted octanol–water partition coefficient (Wildman–Crippen LogP) is 1.48. The summed E-state index contributed by atoms with van der Waals surface area (Å²) in [7, 11) is 0. The molecule has 1 heterocycles. The SMILES string of the molecule is Cc1cc(=O)oc2cc(NC(=O)[C@H](CCCN=C(N)N)NC(=O)[C@H](CCCN=C(N)N)NC(=O)[C@H](CC(C)C)NC(=O)OC(C)(C)C)ccc12.Cl. The average Bonchev–Trinajstić information content (AvgIpc) is 2.97. The Bertz CT molecular complexity index is 1610. The van der Waals surface area contributed by atoms with Crippen LogP contribution in [0.25, 0.3) is 11.0 Å². The number of aryl methyl sites for hydroxylation is 1. The van der Waals surface area contributed by atoms with Crippen molar-refractivity contribution in [1.82, 2.24) is 16.0 Å². The third-order valence-electron chi connectivity index (χ3n) is 7.09. The second kappa shape index (κ2) is 20.6. The Kier molecular flexibility index (Phi) is 17.7. The van der Waals surface area contributed by atoms with E-state index in [2.05, 4.69) is 31.3 Å². The molecule has 51 heavy (non-hydrogen) atoms. The molecule has 1 aromatic heterocycles. The molecule has 12 N–H and O–H groups in total. The van der Waals surface area contributed by atoms with E-state index in [1.165, 1.54) is 12.1 Å². The molecule has 1 aromatic carbocycles. The molecule has 0 unspecified atom stereocenters. The van der Waals surface area contributed by atoms with Crippen molar-refractivity contribution < 1.29 is 28.3 Å². The van der Waals surface area contributed by atoms with E-state index in [9.17, 15) is 24.0 Å². The fraction of sp³-hybridized carbons (Fsp3) is 0.545. The van der Waals surface area contributed by atoms with Gasteiger partial charge in [-0.1, -0.05) is 13.8 Å². The van der Waals surface area contributed by atoms with E-state index in [0.717, 1.165) is 0 Å². The molecular weight excluding hydrogens is 684 g/mol. The van der Waals surface area contributed by atoms with Crippen LogP contribution in [0.15, 0.2) is 43.5 Å². The molecule has 284 valence electrons. The number of amides is 4. The molecule has 18 heteroatoms. The minimum Gasteiger partial charge on any atom is -0.444 e. The first-order valence-electron chi connectivity index (χ1n) is 16.4. The Balaban J connectivity index is 0.0000130. The minimum atomic E-state index is -1.14. The average molecular weight is 737 g/mol. The maximum absolute atomic E-state index is 13.8. The highest BCUT2D eigenvalue weighted by atomic mass is 35.5. The zero-order valence-corrected chi connectivity index (χ0v) is 30.9. The highest BCUT2D eigenvalue weighted by Crippen LogP contribution is 2.21. The van der Waals surface area contributed by atoms with Crippen LogP contribution in [0.1, 0.15) is 72.3 Å². The minimum absolute atomic E-state index is 0. The number of rotatable bonds is 17. The van der Waals surface area contributed by atoms with Crippen LogP contribution in [-0.2, 0) is 19.1 Å². The lowest BCUT2D eigenvalue weighted by Gasteiger charge is -2.27. The lowest BCUT2D eigenvalue weighted by atomic mass is 10.0. The first-order valence-corrected chi connectivity index (χ1v) is 16.4. The molecule has 0 bridgehead atoms. The molecule has 4 amide bonds.